The normalized spacial score (nSPS) is 12.8. The fourth-order valence-electron chi connectivity index (χ4n) is 5.59. The van der Waals surface area contributed by atoms with Crippen LogP contribution in [0, 0.1) is 20.8 Å². The summed E-state index contributed by atoms with van der Waals surface area (Å²) in [5.41, 5.74) is 8.01. The molecule has 1 aromatic heterocycles. The lowest BCUT2D eigenvalue weighted by molar-refractivity contribution is 0.112. The summed E-state index contributed by atoms with van der Waals surface area (Å²) in [6.07, 6.45) is 7.39. The van der Waals surface area contributed by atoms with E-state index in [-0.39, 0.29) is 5.56 Å². The van der Waals surface area contributed by atoms with Gasteiger partial charge in [0.1, 0.15) is 18.6 Å². The second-order valence-corrected chi connectivity index (χ2v) is 11.2. The summed E-state index contributed by atoms with van der Waals surface area (Å²) < 4.78 is 10.7. The summed E-state index contributed by atoms with van der Waals surface area (Å²) in [4.78, 5) is 28.4. The molecule has 8 nitrogen and oxygen atoms in total. The lowest BCUT2D eigenvalue weighted by Gasteiger charge is -2.37. The first-order valence-electron chi connectivity index (χ1n) is 15.8. The average molecular weight is 607 g/mol. The molecule has 1 aliphatic carbocycles. The number of rotatable bonds is 11. The Labute approximate surface area is 264 Å². The number of hydrogen-bond donors (Lipinski definition) is 3. The van der Waals surface area contributed by atoms with Crippen LogP contribution in [0.25, 0.3) is 11.1 Å². The number of aldehydes is 1. The van der Waals surface area contributed by atoms with E-state index in [1.165, 1.54) is 37.8 Å². The van der Waals surface area contributed by atoms with E-state index < -0.39 is 0 Å². The standard InChI is InChI=1S/C25H33NO3.C9H14N2O.C2H7N/c1-4-26(23-8-6-5-7-9-23)25-17-21(16-22(18-27)19(25)2)20-10-12-24(13-11-20)29-15-14-28-3;1-6-4-7(2)11-9(12)8(6)5-10-3;1-3-2/h10-13,16-18,23H,4-9,14-15H2,1-3H3;4,10H,5H2,1-3H3,(H,11,12);3H,1-2H3. The third-order valence-corrected chi connectivity index (χ3v) is 7.80. The molecule has 3 aromatic rings. The lowest BCUT2D eigenvalue weighted by atomic mass is 9.92. The Morgan fingerprint density at radius 3 is 2.16 bits per heavy atom. The second kappa shape index (κ2) is 19.7. The van der Waals surface area contributed by atoms with Crippen molar-refractivity contribution < 1.29 is 14.3 Å². The van der Waals surface area contributed by atoms with Gasteiger partial charge >= 0.3 is 0 Å². The van der Waals surface area contributed by atoms with Gasteiger partial charge in [0.25, 0.3) is 5.56 Å². The minimum Gasteiger partial charge on any atom is -0.491 e. The van der Waals surface area contributed by atoms with Gasteiger partial charge < -0.3 is 30.0 Å². The number of anilines is 1. The van der Waals surface area contributed by atoms with Crippen molar-refractivity contribution in [2.45, 2.75) is 72.4 Å². The van der Waals surface area contributed by atoms with E-state index in [4.69, 9.17) is 9.47 Å². The Bertz CT molecular complexity index is 1330. The number of aromatic nitrogens is 1. The molecular formula is C36H54N4O4. The summed E-state index contributed by atoms with van der Waals surface area (Å²) in [5.74, 6) is 0.825. The van der Waals surface area contributed by atoms with Crippen molar-refractivity contribution in [3.05, 3.63) is 80.8 Å². The third-order valence-electron chi connectivity index (χ3n) is 7.80. The predicted octanol–water partition coefficient (Wildman–Crippen LogP) is 6.21. The molecule has 1 saturated carbocycles. The minimum absolute atomic E-state index is 0.0156. The quantitative estimate of drug-likeness (QED) is 0.177. The topological polar surface area (TPSA) is 95.7 Å². The van der Waals surface area contributed by atoms with Crippen LogP contribution in [0.2, 0.25) is 0 Å². The van der Waals surface area contributed by atoms with Gasteiger partial charge in [-0.25, -0.2) is 0 Å². The van der Waals surface area contributed by atoms with Gasteiger partial charge in [-0.3, -0.25) is 9.59 Å². The van der Waals surface area contributed by atoms with E-state index in [2.05, 4.69) is 52.6 Å². The van der Waals surface area contributed by atoms with E-state index in [1.807, 2.05) is 59.3 Å². The SMILES string of the molecule is CCN(c1cc(-c2ccc(OCCOC)cc2)cc(C=O)c1C)C1CCCCC1.CNC.CNCc1c(C)cc(C)[nH]c1=O. The van der Waals surface area contributed by atoms with E-state index in [0.29, 0.717) is 25.8 Å². The highest BCUT2D eigenvalue weighted by atomic mass is 16.5. The number of aromatic amines is 1. The predicted molar refractivity (Wildman–Crippen MR) is 184 cm³/mol. The number of nitrogens with zero attached hydrogens (tertiary/aromatic N) is 1. The van der Waals surface area contributed by atoms with Gasteiger partial charge in [0, 0.05) is 48.7 Å². The van der Waals surface area contributed by atoms with Gasteiger partial charge in [0.05, 0.1) is 6.61 Å². The van der Waals surface area contributed by atoms with Crippen molar-refractivity contribution in [1.82, 2.24) is 15.6 Å². The molecule has 1 aliphatic rings. The maximum Gasteiger partial charge on any atom is 0.252 e. The van der Waals surface area contributed by atoms with Crippen molar-refractivity contribution in [3.63, 3.8) is 0 Å². The Balaban J connectivity index is 0.000000374. The van der Waals surface area contributed by atoms with E-state index in [1.54, 1.807) is 7.11 Å². The lowest BCUT2D eigenvalue weighted by Crippen LogP contribution is -2.37. The molecule has 0 radical (unpaired) electrons. The first kappa shape index (κ1) is 36.7. The van der Waals surface area contributed by atoms with Crippen molar-refractivity contribution in [2.75, 3.05) is 52.9 Å². The number of hydrogen-bond acceptors (Lipinski definition) is 7. The van der Waals surface area contributed by atoms with E-state index in [9.17, 15) is 9.59 Å². The average Bonchev–Trinajstić information content (AvgIpc) is 3.02. The van der Waals surface area contributed by atoms with Crippen molar-refractivity contribution in [1.29, 1.82) is 0 Å². The van der Waals surface area contributed by atoms with E-state index in [0.717, 1.165) is 57.7 Å². The molecule has 8 heteroatoms. The van der Waals surface area contributed by atoms with Gasteiger partial charge in [-0.15, -0.1) is 0 Å². The Kier molecular flexibility index (Phi) is 16.5. The summed E-state index contributed by atoms with van der Waals surface area (Å²) in [5, 5.41) is 5.72. The van der Waals surface area contributed by atoms with Crippen LogP contribution in [-0.2, 0) is 11.3 Å². The van der Waals surface area contributed by atoms with Crippen LogP contribution in [0.4, 0.5) is 5.69 Å². The molecule has 0 amide bonds. The number of pyridine rings is 1. The number of methoxy groups -OCH3 is 1. The van der Waals surface area contributed by atoms with Gasteiger partial charge in [0.2, 0.25) is 0 Å². The minimum atomic E-state index is 0.0156. The van der Waals surface area contributed by atoms with Gasteiger partial charge in [-0.2, -0.15) is 0 Å². The number of aryl methyl sites for hydroxylation is 2. The second-order valence-electron chi connectivity index (χ2n) is 11.2. The summed E-state index contributed by atoms with van der Waals surface area (Å²) in [6, 6.07) is 14.9. The molecule has 0 bridgehead atoms. The van der Waals surface area contributed by atoms with Crippen LogP contribution < -0.4 is 25.8 Å². The molecular weight excluding hydrogens is 552 g/mol. The number of nitrogens with one attached hydrogen (secondary N) is 3. The molecule has 0 aliphatic heterocycles. The fourth-order valence-corrected chi connectivity index (χ4v) is 5.59. The summed E-state index contributed by atoms with van der Waals surface area (Å²) in [7, 11) is 7.25. The first-order valence-corrected chi connectivity index (χ1v) is 15.8. The van der Waals surface area contributed by atoms with Crippen molar-refractivity contribution in [2.24, 2.45) is 0 Å². The molecule has 242 valence electrons. The first-order chi connectivity index (χ1) is 21.2. The molecule has 1 fully saturated rings. The molecule has 0 atom stereocenters. The van der Waals surface area contributed by atoms with Crippen LogP contribution in [-0.4, -0.2) is 65.3 Å². The number of ether oxygens (including phenoxy) is 2. The van der Waals surface area contributed by atoms with Crippen LogP contribution in [0.3, 0.4) is 0 Å². The molecule has 0 saturated heterocycles. The molecule has 0 spiro atoms. The summed E-state index contributed by atoms with van der Waals surface area (Å²) >= 11 is 0. The Morgan fingerprint density at radius 1 is 0.955 bits per heavy atom. The van der Waals surface area contributed by atoms with Crippen molar-refractivity contribution >= 4 is 12.0 Å². The molecule has 4 rings (SSSR count). The van der Waals surface area contributed by atoms with Crippen LogP contribution in [0.1, 0.15) is 71.8 Å². The maximum atomic E-state index is 11.8. The molecule has 1 heterocycles. The van der Waals surface area contributed by atoms with Crippen LogP contribution in [0.15, 0.2) is 47.3 Å². The monoisotopic (exact) mass is 606 g/mol. The largest absolute Gasteiger partial charge is 0.491 e. The zero-order valence-electron chi connectivity index (χ0n) is 28.1. The third kappa shape index (κ3) is 10.9. The zero-order chi connectivity index (χ0) is 32.5. The zero-order valence-corrected chi connectivity index (χ0v) is 28.1. The summed E-state index contributed by atoms with van der Waals surface area (Å²) in [6.45, 7) is 10.8. The smallest absolute Gasteiger partial charge is 0.252 e. The van der Waals surface area contributed by atoms with E-state index >= 15 is 0 Å². The highest BCUT2D eigenvalue weighted by molar-refractivity contribution is 5.86. The van der Waals surface area contributed by atoms with Crippen LogP contribution in [0.5, 0.6) is 5.75 Å². The Hall–Kier alpha value is -3.46. The van der Waals surface area contributed by atoms with Gasteiger partial charge in [-0.1, -0.05) is 31.4 Å². The van der Waals surface area contributed by atoms with Crippen LogP contribution >= 0.6 is 0 Å². The Morgan fingerprint density at radius 2 is 1.61 bits per heavy atom. The number of carbonyl (C=O) groups excluding carboxylic acids is 1. The number of H-pyrrole nitrogens is 1. The number of benzene rings is 2. The molecule has 2 aromatic carbocycles. The molecule has 0 unspecified atom stereocenters. The number of carbonyl (C=O) groups is 1. The molecule has 3 N–H and O–H groups in total. The maximum absolute atomic E-state index is 11.8. The molecule has 44 heavy (non-hydrogen) atoms. The fraction of sp³-hybridized carbons (Fsp3) is 0.500. The highest BCUT2D eigenvalue weighted by Crippen LogP contribution is 2.35. The van der Waals surface area contributed by atoms with Gasteiger partial charge in [-0.05, 0) is 114 Å². The highest BCUT2D eigenvalue weighted by Gasteiger charge is 2.23. The van der Waals surface area contributed by atoms with Gasteiger partial charge in [0.15, 0.2) is 0 Å². The van der Waals surface area contributed by atoms with Crippen molar-refractivity contribution in [3.8, 4) is 16.9 Å².